The number of amides is 1. The molecular weight excluding hydrogens is 288 g/mol. The molecule has 3 N–H and O–H groups in total. The Morgan fingerprint density at radius 3 is 2.59 bits per heavy atom. The van der Waals surface area contributed by atoms with Gasteiger partial charge in [0.15, 0.2) is 5.69 Å². The molecule has 0 aliphatic heterocycles. The molecule has 0 atom stereocenters. The summed E-state index contributed by atoms with van der Waals surface area (Å²) in [5.74, 6) is -1.04. The van der Waals surface area contributed by atoms with Gasteiger partial charge in [-0.3, -0.25) is 4.68 Å². The van der Waals surface area contributed by atoms with Crippen molar-refractivity contribution in [2.24, 2.45) is 7.05 Å². The zero-order chi connectivity index (χ0) is 16.8. The highest BCUT2D eigenvalue weighted by Crippen LogP contribution is 2.06. The number of aromatic carboxylic acids is 1. The Bertz CT molecular complexity index is 519. The summed E-state index contributed by atoms with van der Waals surface area (Å²) >= 11 is 0. The van der Waals surface area contributed by atoms with Crippen molar-refractivity contribution in [1.82, 2.24) is 20.4 Å². The lowest BCUT2D eigenvalue weighted by molar-refractivity contribution is 0.0526. The lowest BCUT2D eigenvalue weighted by atomic mass is 10.2. The second kappa shape index (κ2) is 7.79. The van der Waals surface area contributed by atoms with E-state index in [1.54, 1.807) is 7.05 Å². The van der Waals surface area contributed by atoms with Gasteiger partial charge in [0.25, 0.3) is 0 Å². The number of alkyl carbamates (subject to hydrolysis) is 1. The van der Waals surface area contributed by atoms with Crippen LogP contribution in [-0.4, -0.2) is 45.6 Å². The maximum Gasteiger partial charge on any atom is 0.407 e. The Labute approximate surface area is 129 Å². The number of carboxylic acids is 1. The third kappa shape index (κ3) is 6.57. The highest BCUT2D eigenvalue weighted by Gasteiger charge is 2.15. The molecule has 0 saturated heterocycles. The van der Waals surface area contributed by atoms with Gasteiger partial charge < -0.3 is 20.5 Å². The maximum absolute atomic E-state index is 11.4. The van der Waals surface area contributed by atoms with Gasteiger partial charge in [-0.05, 0) is 39.8 Å². The highest BCUT2D eigenvalue weighted by atomic mass is 16.6. The van der Waals surface area contributed by atoms with Crippen LogP contribution in [0.4, 0.5) is 4.79 Å². The van der Waals surface area contributed by atoms with Crippen molar-refractivity contribution in [3.8, 4) is 0 Å². The van der Waals surface area contributed by atoms with E-state index in [1.807, 2.05) is 20.8 Å². The van der Waals surface area contributed by atoms with Gasteiger partial charge in [0, 0.05) is 20.1 Å². The molecule has 0 aliphatic rings. The van der Waals surface area contributed by atoms with Crippen LogP contribution in [0.3, 0.4) is 0 Å². The minimum absolute atomic E-state index is 0.0332. The van der Waals surface area contributed by atoms with Crippen LogP contribution >= 0.6 is 0 Å². The smallest absolute Gasteiger partial charge is 0.407 e. The predicted molar refractivity (Wildman–Crippen MR) is 80.7 cm³/mol. The summed E-state index contributed by atoms with van der Waals surface area (Å²) in [6, 6.07) is 1.54. The number of nitrogens with one attached hydrogen (secondary N) is 2. The van der Waals surface area contributed by atoms with E-state index in [-0.39, 0.29) is 5.69 Å². The van der Waals surface area contributed by atoms with E-state index < -0.39 is 17.7 Å². The van der Waals surface area contributed by atoms with E-state index in [0.717, 1.165) is 12.1 Å². The van der Waals surface area contributed by atoms with Crippen molar-refractivity contribution in [1.29, 1.82) is 0 Å². The molecule has 1 amide bonds. The first kappa shape index (κ1) is 18.0. The molecule has 0 aliphatic carbocycles. The van der Waals surface area contributed by atoms with Gasteiger partial charge in [-0.25, -0.2) is 9.59 Å². The molecule has 1 aromatic heterocycles. The number of hydrogen-bond acceptors (Lipinski definition) is 5. The number of aryl methyl sites for hydroxylation is 1. The molecule has 1 aromatic rings. The Morgan fingerprint density at radius 1 is 1.36 bits per heavy atom. The molecule has 8 nitrogen and oxygen atoms in total. The average molecular weight is 312 g/mol. The summed E-state index contributed by atoms with van der Waals surface area (Å²) in [6.07, 6.45) is 0.313. The summed E-state index contributed by atoms with van der Waals surface area (Å²) in [5, 5.41) is 18.6. The molecule has 22 heavy (non-hydrogen) atoms. The van der Waals surface area contributed by atoms with Gasteiger partial charge in [0.1, 0.15) is 5.60 Å². The third-order valence-electron chi connectivity index (χ3n) is 2.70. The van der Waals surface area contributed by atoms with Crippen molar-refractivity contribution < 1.29 is 19.4 Å². The number of aromatic nitrogens is 2. The van der Waals surface area contributed by atoms with Crippen molar-refractivity contribution in [2.45, 2.75) is 39.3 Å². The van der Waals surface area contributed by atoms with Crippen molar-refractivity contribution in [3.05, 3.63) is 17.5 Å². The summed E-state index contributed by atoms with van der Waals surface area (Å²) in [4.78, 5) is 22.2. The van der Waals surface area contributed by atoms with Crippen LogP contribution < -0.4 is 10.6 Å². The van der Waals surface area contributed by atoms with Crippen LogP contribution in [0.2, 0.25) is 0 Å². The van der Waals surface area contributed by atoms with Gasteiger partial charge in [0.05, 0.1) is 5.69 Å². The molecule has 0 saturated carbocycles. The van der Waals surface area contributed by atoms with Gasteiger partial charge in [-0.1, -0.05) is 0 Å². The lowest BCUT2D eigenvalue weighted by Gasteiger charge is -2.19. The highest BCUT2D eigenvalue weighted by molar-refractivity contribution is 5.85. The topological polar surface area (TPSA) is 105 Å². The fraction of sp³-hybridized carbons (Fsp3) is 0.643. The first-order chi connectivity index (χ1) is 10.2. The number of carbonyl (C=O) groups excluding carboxylic acids is 1. The Kier molecular flexibility index (Phi) is 6.36. The van der Waals surface area contributed by atoms with E-state index in [2.05, 4.69) is 15.7 Å². The quantitative estimate of drug-likeness (QED) is 0.652. The monoisotopic (exact) mass is 312 g/mol. The van der Waals surface area contributed by atoms with Gasteiger partial charge in [-0.15, -0.1) is 0 Å². The standard InChI is InChI=1S/C14H24N4O4/c1-14(2,3)22-13(21)16-7-5-6-15-9-10-8-11(12(19)20)17-18(10)4/h8,15H,5-7,9H2,1-4H3,(H,16,21)(H,19,20). The molecule has 0 radical (unpaired) electrons. The molecule has 8 heteroatoms. The van der Waals surface area contributed by atoms with E-state index >= 15 is 0 Å². The fourth-order valence-electron chi connectivity index (χ4n) is 1.71. The molecule has 0 aromatic carbocycles. The third-order valence-corrected chi connectivity index (χ3v) is 2.70. The molecule has 1 heterocycles. The van der Waals surface area contributed by atoms with Gasteiger partial charge in [0.2, 0.25) is 0 Å². The number of nitrogens with zero attached hydrogens (tertiary/aromatic N) is 2. The Morgan fingerprint density at radius 2 is 2.05 bits per heavy atom. The molecule has 0 spiro atoms. The molecule has 0 unspecified atom stereocenters. The number of ether oxygens (including phenoxy) is 1. The van der Waals surface area contributed by atoms with Crippen molar-refractivity contribution in [2.75, 3.05) is 13.1 Å². The minimum Gasteiger partial charge on any atom is -0.476 e. The zero-order valence-corrected chi connectivity index (χ0v) is 13.5. The number of carboxylic acid groups (broad SMARTS) is 1. The summed E-state index contributed by atoms with van der Waals surface area (Å²) in [7, 11) is 1.70. The zero-order valence-electron chi connectivity index (χ0n) is 13.5. The number of hydrogen-bond donors (Lipinski definition) is 3. The average Bonchev–Trinajstić information content (AvgIpc) is 2.73. The van der Waals surface area contributed by atoms with Gasteiger partial charge >= 0.3 is 12.1 Å². The Hall–Kier alpha value is -2.09. The van der Waals surface area contributed by atoms with Crippen LogP contribution in [0.25, 0.3) is 0 Å². The van der Waals surface area contributed by atoms with Crippen LogP contribution in [-0.2, 0) is 18.3 Å². The summed E-state index contributed by atoms with van der Waals surface area (Å²) in [6.45, 7) is 7.15. The SMILES string of the molecule is Cn1nc(C(=O)O)cc1CNCCCNC(=O)OC(C)(C)C. The largest absolute Gasteiger partial charge is 0.476 e. The molecule has 0 bridgehead atoms. The summed E-state index contributed by atoms with van der Waals surface area (Å²) in [5.41, 5.74) is 0.326. The van der Waals surface area contributed by atoms with E-state index in [4.69, 9.17) is 9.84 Å². The number of carbonyl (C=O) groups is 2. The van der Waals surface area contributed by atoms with Gasteiger partial charge in [-0.2, -0.15) is 5.10 Å². The maximum atomic E-state index is 11.4. The first-order valence-electron chi connectivity index (χ1n) is 7.13. The molecular formula is C14H24N4O4. The van der Waals surface area contributed by atoms with Crippen LogP contribution in [0.15, 0.2) is 6.07 Å². The Balaban J connectivity index is 2.18. The van der Waals surface area contributed by atoms with Crippen LogP contribution in [0.5, 0.6) is 0 Å². The minimum atomic E-state index is -1.04. The fourth-order valence-corrected chi connectivity index (χ4v) is 1.71. The normalized spacial score (nSPS) is 11.3. The molecule has 124 valence electrons. The van der Waals surface area contributed by atoms with Crippen LogP contribution in [0.1, 0.15) is 43.4 Å². The second-order valence-electron chi connectivity index (χ2n) is 5.91. The van der Waals surface area contributed by atoms with E-state index in [9.17, 15) is 9.59 Å². The predicted octanol–water partition coefficient (Wildman–Crippen LogP) is 1.12. The molecule has 1 rings (SSSR count). The summed E-state index contributed by atoms with van der Waals surface area (Å²) < 4.78 is 6.65. The van der Waals surface area contributed by atoms with Crippen molar-refractivity contribution >= 4 is 12.1 Å². The van der Waals surface area contributed by atoms with Crippen molar-refractivity contribution in [3.63, 3.8) is 0 Å². The van der Waals surface area contributed by atoms with Crippen LogP contribution in [0, 0.1) is 0 Å². The lowest BCUT2D eigenvalue weighted by Crippen LogP contribution is -2.33. The second-order valence-corrected chi connectivity index (χ2v) is 5.91. The first-order valence-corrected chi connectivity index (χ1v) is 7.13. The molecule has 0 fully saturated rings. The van der Waals surface area contributed by atoms with E-state index in [1.165, 1.54) is 10.7 Å². The van der Waals surface area contributed by atoms with E-state index in [0.29, 0.717) is 19.6 Å². The number of rotatable bonds is 7.